The van der Waals surface area contributed by atoms with Crippen LogP contribution in [0.25, 0.3) is 0 Å². The average molecular weight is 396 g/mol. The van der Waals surface area contributed by atoms with E-state index in [0.717, 1.165) is 24.8 Å². The van der Waals surface area contributed by atoms with Crippen LogP contribution >= 0.6 is 11.8 Å². The Balaban J connectivity index is 1.34. The molecule has 4 aliphatic rings. The van der Waals surface area contributed by atoms with E-state index >= 15 is 0 Å². The summed E-state index contributed by atoms with van der Waals surface area (Å²) in [5.74, 6) is 3.22. The molecule has 4 fully saturated rings. The predicted octanol–water partition coefficient (Wildman–Crippen LogP) is 2.95. The summed E-state index contributed by atoms with van der Waals surface area (Å²) < 4.78 is 6.19. The Morgan fingerprint density at radius 2 is 1.81 bits per heavy atom. The third-order valence-corrected chi connectivity index (χ3v) is 8.73. The zero-order chi connectivity index (χ0) is 18.8. The lowest BCUT2D eigenvalue weighted by Gasteiger charge is -2.36. The lowest BCUT2D eigenvalue weighted by atomic mass is 9.80. The summed E-state index contributed by atoms with van der Waals surface area (Å²) in [6.45, 7) is 5.47. The van der Waals surface area contributed by atoms with Crippen molar-refractivity contribution in [3.63, 3.8) is 0 Å². The van der Waals surface area contributed by atoms with Crippen molar-refractivity contribution in [3.05, 3.63) is 0 Å². The van der Waals surface area contributed by atoms with Gasteiger partial charge in [0, 0.05) is 23.9 Å². The number of nitrogens with zero attached hydrogens (tertiary/aromatic N) is 1. The molecule has 6 heteroatoms. The number of thioether (sulfide) groups is 1. The highest BCUT2D eigenvalue weighted by molar-refractivity contribution is 8.00. The first-order valence-electron chi connectivity index (χ1n) is 11.2. The first-order chi connectivity index (χ1) is 13.1. The number of hydrogen-bond acceptors (Lipinski definition) is 5. The third kappa shape index (κ3) is 4.65. The standard InChI is InChI=1S/C21H37N3O2S/c1-14-21(15(2)23-22-14)24(12-19-7-4-10-27-19)20(25)13-26-18-9-8-16-5-3-6-17(16)11-18/h14-19,21-23H,3-13H2,1-2H3. The number of ether oxygens (including phenoxy) is 1. The Morgan fingerprint density at radius 1 is 1.04 bits per heavy atom. The SMILES string of the molecule is CC1NNC(C)C1N(CC1CCCS1)C(=O)COC1CCC2CCCC2C1. The molecule has 5 nitrogen and oxygen atoms in total. The van der Waals surface area contributed by atoms with E-state index in [-0.39, 0.29) is 30.6 Å². The molecule has 2 aliphatic heterocycles. The van der Waals surface area contributed by atoms with Gasteiger partial charge in [-0.25, -0.2) is 0 Å². The van der Waals surface area contributed by atoms with Crippen LogP contribution in [0.4, 0.5) is 0 Å². The number of carbonyl (C=O) groups excluding carboxylic acids is 1. The van der Waals surface area contributed by atoms with Crippen molar-refractivity contribution in [2.24, 2.45) is 11.8 Å². The molecular weight excluding hydrogens is 358 g/mol. The number of carbonyl (C=O) groups is 1. The summed E-state index contributed by atoms with van der Waals surface area (Å²) >= 11 is 2.03. The van der Waals surface area contributed by atoms with Gasteiger partial charge in [-0.1, -0.05) is 19.3 Å². The first-order valence-corrected chi connectivity index (χ1v) is 12.2. The molecule has 4 rings (SSSR count). The fourth-order valence-electron chi connectivity index (χ4n) is 5.89. The smallest absolute Gasteiger partial charge is 0.248 e. The van der Waals surface area contributed by atoms with Crippen molar-refractivity contribution >= 4 is 17.7 Å². The second kappa shape index (κ2) is 9.02. The third-order valence-electron chi connectivity index (χ3n) is 7.35. The van der Waals surface area contributed by atoms with Gasteiger partial charge in [0.2, 0.25) is 5.91 Å². The molecule has 2 aliphatic carbocycles. The van der Waals surface area contributed by atoms with Crippen molar-refractivity contribution in [2.75, 3.05) is 18.9 Å². The monoisotopic (exact) mass is 395 g/mol. The molecule has 0 bridgehead atoms. The topological polar surface area (TPSA) is 53.6 Å². The van der Waals surface area contributed by atoms with Crippen molar-refractivity contribution in [2.45, 2.75) is 94.7 Å². The van der Waals surface area contributed by atoms with Crippen molar-refractivity contribution in [1.29, 1.82) is 0 Å². The van der Waals surface area contributed by atoms with Crippen LogP contribution in [0.5, 0.6) is 0 Å². The van der Waals surface area contributed by atoms with E-state index < -0.39 is 0 Å². The van der Waals surface area contributed by atoms with Crippen LogP contribution in [0.15, 0.2) is 0 Å². The lowest BCUT2D eigenvalue weighted by Crippen LogP contribution is -2.53. The summed E-state index contributed by atoms with van der Waals surface area (Å²) in [4.78, 5) is 15.3. The van der Waals surface area contributed by atoms with E-state index in [1.807, 2.05) is 11.8 Å². The molecule has 2 heterocycles. The van der Waals surface area contributed by atoms with Crippen molar-refractivity contribution < 1.29 is 9.53 Å². The number of rotatable bonds is 6. The van der Waals surface area contributed by atoms with Gasteiger partial charge in [0.1, 0.15) is 6.61 Å². The second-order valence-electron chi connectivity index (χ2n) is 9.23. The molecule has 0 radical (unpaired) electrons. The van der Waals surface area contributed by atoms with Gasteiger partial charge in [0.05, 0.1) is 12.1 Å². The van der Waals surface area contributed by atoms with Gasteiger partial charge in [-0.15, -0.1) is 0 Å². The minimum absolute atomic E-state index is 0.185. The van der Waals surface area contributed by atoms with Crippen LogP contribution in [0.2, 0.25) is 0 Å². The highest BCUT2D eigenvalue weighted by Crippen LogP contribution is 2.42. The molecule has 2 saturated carbocycles. The minimum atomic E-state index is 0.185. The van der Waals surface area contributed by atoms with Crippen LogP contribution in [-0.4, -0.2) is 59.2 Å². The maximum absolute atomic E-state index is 13.2. The van der Waals surface area contributed by atoms with Crippen LogP contribution in [-0.2, 0) is 9.53 Å². The number of hydrogen-bond donors (Lipinski definition) is 2. The molecule has 27 heavy (non-hydrogen) atoms. The Morgan fingerprint density at radius 3 is 2.56 bits per heavy atom. The number of fused-ring (bicyclic) bond motifs is 1. The van der Waals surface area contributed by atoms with E-state index in [2.05, 4.69) is 29.6 Å². The first kappa shape index (κ1) is 20.0. The van der Waals surface area contributed by atoms with E-state index in [9.17, 15) is 4.79 Å². The van der Waals surface area contributed by atoms with Gasteiger partial charge >= 0.3 is 0 Å². The second-order valence-corrected chi connectivity index (χ2v) is 10.6. The van der Waals surface area contributed by atoms with Gasteiger partial charge in [-0.05, 0) is 63.5 Å². The summed E-state index contributed by atoms with van der Waals surface area (Å²) in [7, 11) is 0. The number of amides is 1. The molecule has 6 atom stereocenters. The number of nitrogens with one attached hydrogen (secondary N) is 2. The molecule has 2 N–H and O–H groups in total. The van der Waals surface area contributed by atoms with E-state index in [1.165, 1.54) is 50.7 Å². The molecule has 0 spiro atoms. The maximum Gasteiger partial charge on any atom is 0.248 e. The van der Waals surface area contributed by atoms with Gasteiger partial charge in [0.15, 0.2) is 0 Å². The zero-order valence-corrected chi connectivity index (χ0v) is 17.8. The molecule has 1 amide bonds. The van der Waals surface area contributed by atoms with E-state index in [0.29, 0.717) is 11.4 Å². The maximum atomic E-state index is 13.2. The molecular formula is C21H37N3O2S. The van der Waals surface area contributed by atoms with Crippen LogP contribution in [0, 0.1) is 11.8 Å². The van der Waals surface area contributed by atoms with E-state index in [1.54, 1.807) is 0 Å². The summed E-state index contributed by atoms with van der Waals surface area (Å²) in [5, 5.41) is 0.586. The van der Waals surface area contributed by atoms with E-state index in [4.69, 9.17) is 4.74 Å². The Hall–Kier alpha value is -0.300. The highest BCUT2D eigenvalue weighted by atomic mass is 32.2. The zero-order valence-electron chi connectivity index (χ0n) is 17.0. The molecule has 0 aromatic carbocycles. The van der Waals surface area contributed by atoms with Gasteiger partial charge < -0.3 is 9.64 Å². The van der Waals surface area contributed by atoms with Gasteiger partial charge in [0.25, 0.3) is 0 Å². The normalized spacial score (nSPS) is 41.6. The minimum Gasteiger partial charge on any atom is -0.368 e. The lowest BCUT2D eigenvalue weighted by molar-refractivity contribution is -0.142. The summed E-state index contributed by atoms with van der Waals surface area (Å²) in [5.41, 5.74) is 6.64. The highest BCUT2D eigenvalue weighted by Gasteiger charge is 2.39. The van der Waals surface area contributed by atoms with Gasteiger partial charge in [-0.3, -0.25) is 15.6 Å². The quantitative estimate of drug-likeness (QED) is 0.724. The number of hydrazine groups is 1. The van der Waals surface area contributed by atoms with Gasteiger partial charge in [-0.2, -0.15) is 11.8 Å². The fraction of sp³-hybridized carbons (Fsp3) is 0.952. The molecule has 154 valence electrons. The Bertz CT molecular complexity index is 504. The Labute approximate surface area is 168 Å². The molecule has 0 aromatic heterocycles. The summed E-state index contributed by atoms with van der Waals surface area (Å²) in [6, 6.07) is 0.737. The Kier molecular flexibility index (Phi) is 6.68. The van der Waals surface area contributed by atoms with Crippen LogP contribution in [0.1, 0.15) is 65.2 Å². The van der Waals surface area contributed by atoms with Crippen LogP contribution < -0.4 is 10.9 Å². The van der Waals surface area contributed by atoms with Crippen molar-refractivity contribution in [3.8, 4) is 0 Å². The summed E-state index contributed by atoms with van der Waals surface area (Å²) in [6.07, 6.45) is 10.6. The van der Waals surface area contributed by atoms with Crippen molar-refractivity contribution in [1.82, 2.24) is 15.8 Å². The molecule has 0 aromatic rings. The average Bonchev–Trinajstić information content (AvgIpc) is 3.40. The predicted molar refractivity (Wildman–Crippen MR) is 111 cm³/mol. The van der Waals surface area contributed by atoms with Crippen LogP contribution in [0.3, 0.4) is 0 Å². The molecule has 6 unspecified atom stereocenters. The largest absolute Gasteiger partial charge is 0.368 e. The fourth-order valence-corrected chi connectivity index (χ4v) is 7.15. The molecule has 2 saturated heterocycles.